The number of hydrogen-bond acceptors (Lipinski definition) is 1. The SMILES string of the molecule is CN(CCBr)C(=O)c1cc(Br)ccc1F. The third-order valence-corrected chi connectivity index (χ3v) is 2.77. The van der Waals surface area contributed by atoms with E-state index in [1.807, 2.05) is 0 Å². The molecule has 0 atom stereocenters. The smallest absolute Gasteiger partial charge is 0.256 e. The van der Waals surface area contributed by atoms with E-state index in [9.17, 15) is 9.18 Å². The van der Waals surface area contributed by atoms with Crippen molar-refractivity contribution in [3.05, 3.63) is 34.1 Å². The number of hydrogen-bond donors (Lipinski definition) is 0. The molecule has 0 fully saturated rings. The van der Waals surface area contributed by atoms with Crippen LogP contribution in [0, 0.1) is 5.82 Å². The Morgan fingerprint density at radius 2 is 2.20 bits per heavy atom. The second-order valence-electron chi connectivity index (χ2n) is 3.04. The van der Waals surface area contributed by atoms with Crippen LogP contribution in [0.25, 0.3) is 0 Å². The van der Waals surface area contributed by atoms with Crippen LogP contribution in [0.4, 0.5) is 4.39 Å². The van der Waals surface area contributed by atoms with Gasteiger partial charge in [0, 0.05) is 23.4 Å². The van der Waals surface area contributed by atoms with Crippen LogP contribution >= 0.6 is 31.9 Å². The van der Waals surface area contributed by atoms with Crippen LogP contribution in [0.1, 0.15) is 10.4 Å². The van der Waals surface area contributed by atoms with E-state index >= 15 is 0 Å². The van der Waals surface area contributed by atoms with Gasteiger partial charge >= 0.3 is 0 Å². The Morgan fingerprint density at radius 1 is 1.53 bits per heavy atom. The first kappa shape index (κ1) is 12.6. The maximum atomic E-state index is 13.3. The van der Waals surface area contributed by atoms with Gasteiger partial charge in [-0.1, -0.05) is 31.9 Å². The van der Waals surface area contributed by atoms with Crippen LogP contribution in [0.15, 0.2) is 22.7 Å². The fourth-order valence-electron chi connectivity index (χ4n) is 1.10. The molecule has 5 heteroatoms. The highest BCUT2D eigenvalue weighted by molar-refractivity contribution is 9.10. The molecule has 0 saturated heterocycles. The highest BCUT2D eigenvalue weighted by atomic mass is 79.9. The van der Waals surface area contributed by atoms with Crippen molar-refractivity contribution in [2.75, 3.05) is 18.9 Å². The Balaban J connectivity index is 2.95. The largest absolute Gasteiger partial charge is 0.341 e. The molecule has 2 nitrogen and oxygen atoms in total. The molecule has 15 heavy (non-hydrogen) atoms. The van der Waals surface area contributed by atoms with Crippen LogP contribution in [-0.4, -0.2) is 29.7 Å². The van der Waals surface area contributed by atoms with Crippen LogP contribution < -0.4 is 0 Å². The zero-order valence-electron chi connectivity index (χ0n) is 8.14. The standard InChI is InChI=1S/C10H10Br2FNO/c1-14(5-4-11)10(15)8-6-7(12)2-3-9(8)13/h2-3,6H,4-5H2,1H3. The fraction of sp³-hybridized carbons (Fsp3) is 0.300. The molecule has 1 aromatic rings. The third-order valence-electron chi connectivity index (χ3n) is 1.93. The van der Waals surface area contributed by atoms with E-state index in [0.29, 0.717) is 16.3 Å². The summed E-state index contributed by atoms with van der Waals surface area (Å²) in [5.74, 6) is -0.808. The van der Waals surface area contributed by atoms with E-state index in [-0.39, 0.29) is 11.5 Å². The molecule has 0 aliphatic heterocycles. The van der Waals surface area contributed by atoms with Gasteiger partial charge < -0.3 is 4.90 Å². The molecule has 0 N–H and O–H groups in total. The number of halogens is 3. The summed E-state index contributed by atoms with van der Waals surface area (Å²) in [6.45, 7) is 0.546. The van der Waals surface area contributed by atoms with Crippen molar-refractivity contribution in [1.29, 1.82) is 0 Å². The Bertz CT molecular complexity index is 370. The lowest BCUT2D eigenvalue weighted by Gasteiger charge is -2.16. The van der Waals surface area contributed by atoms with Crippen LogP contribution in [-0.2, 0) is 0 Å². The van der Waals surface area contributed by atoms with Crippen molar-refractivity contribution in [1.82, 2.24) is 4.90 Å². The number of carbonyl (C=O) groups is 1. The minimum absolute atomic E-state index is 0.0906. The number of alkyl halides is 1. The topological polar surface area (TPSA) is 20.3 Å². The Hall–Kier alpha value is -0.420. The number of carbonyl (C=O) groups excluding carboxylic acids is 1. The average molecular weight is 339 g/mol. The molecule has 1 rings (SSSR count). The molecule has 82 valence electrons. The predicted octanol–water partition coefficient (Wildman–Crippen LogP) is 3.06. The van der Waals surface area contributed by atoms with Crippen molar-refractivity contribution in [3.63, 3.8) is 0 Å². The van der Waals surface area contributed by atoms with Gasteiger partial charge in [0.2, 0.25) is 0 Å². The van der Waals surface area contributed by atoms with Crippen molar-refractivity contribution in [3.8, 4) is 0 Å². The highest BCUT2D eigenvalue weighted by Gasteiger charge is 2.15. The van der Waals surface area contributed by atoms with E-state index in [2.05, 4.69) is 31.9 Å². The van der Waals surface area contributed by atoms with Crippen molar-refractivity contribution >= 4 is 37.8 Å². The number of amides is 1. The van der Waals surface area contributed by atoms with Crippen molar-refractivity contribution in [2.24, 2.45) is 0 Å². The molecular formula is C10H10Br2FNO. The van der Waals surface area contributed by atoms with Gasteiger partial charge in [0.05, 0.1) is 5.56 Å². The molecular weight excluding hydrogens is 329 g/mol. The summed E-state index contributed by atoms with van der Waals surface area (Å²) in [6.07, 6.45) is 0. The quantitative estimate of drug-likeness (QED) is 0.776. The maximum absolute atomic E-state index is 13.3. The van der Waals surface area contributed by atoms with Crippen LogP contribution in [0.5, 0.6) is 0 Å². The lowest BCUT2D eigenvalue weighted by molar-refractivity contribution is 0.0799. The average Bonchev–Trinajstić information content (AvgIpc) is 2.21. The van der Waals surface area contributed by atoms with Gasteiger partial charge in [-0.3, -0.25) is 4.79 Å². The van der Waals surface area contributed by atoms with Crippen LogP contribution in [0.3, 0.4) is 0 Å². The van der Waals surface area contributed by atoms with E-state index in [1.54, 1.807) is 13.1 Å². The second kappa shape index (κ2) is 5.61. The Morgan fingerprint density at radius 3 is 2.80 bits per heavy atom. The fourth-order valence-corrected chi connectivity index (χ4v) is 1.99. The van der Waals surface area contributed by atoms with Gasteiger partial charge in [-0.2, -0.15) is 0 Å². The minimum Gasteiger partial charge on any atom is -0.341 e. The number of rotatable bonds is 3. The van der Waals surface area contributed by atoms with E-state index in [1.165, 1.54) is 17.0 Å². The maximum Gasteiger partial charge on any atom is 0.256 e. The molecule has 0 unspecified atom stereocenters. The van der Waals surface area contributed by atoms with Crippen molar-refractivity contribution in [2.45, 2.75) is 0 Å². The van der Waals surface area contributed by atoms with E-state index < -0.39 is 5.82 Å². The highest BCUT2D eigenvalue weighted by Crippen LogP contribution is 2.16. The van der Waals surface area contributed by atoms with Gasteiger partial charge in [0.15, 0.2) is 0 Å². The first-order valence-electron chi connectivity index (χ1n) is 4.32. The van der Waals surface area contributed by atoms with Gasteiger partial charge in [0.25, 0.3) is 5.91 Å². The molecule has 0 aliphatic rings. The normalized spacial score (nSPS) is 10.1. The molecule has 0 heterocycles. The van der Waals surface area contributed by atoms with Crippen molar-refractivity contribution < 1.29 is 9.18 Å². The van der Waals surface area contributed by atoms with E-state index in [0.717, 1.165) is 0 Å². The summed E-state index contributed by atoms with van der Waals surface area (Å²) in [7, 11) is 1.64. The molecule has 0 saturated carbocycles. The molecule has 0 spiro atoms. The molecule has 1 amide bonds. The molecule has 1 aromatic carbocycles. The summed E-state index contributed by atoms with van der Waals surface area (Å²) >= 11 is 6.43. The summed E-state index contributed by atoms with van der Waals surface area (Å²) < 4.78 is 14.0. The first-order valence-corrected chi connectivity index (χ1v) is 6.24. The predicted molar refractivity (Wildman–Crippen MR) is 64.9 cm³/mol. The zero-order chi connectivity index (χ0) is 11.4. The van der Waals surface area contributed by atoms with Gasteiger partial charge in [-0.15, -0.1) is 0 Å². The Kier molecular flexibility index (Phi) is 4.73. The lowest BCUT2D eigenvalue weighted by atomic mass is 10.2. The van der Waals surface area contributed by atoms with Gasteiger partial charge in [-0.25, -0.2) is 4.39 Å². The molecule has 0 aromatic heterocycles. The zero-order valence-corrected chi connectivity index (χ0v) is 11.3. The first-order chi connectivity index (χ1) is 7.06. The molecule has 0 radical (unpaired) electrons. The Labute approximate surface area is 105 Å². The minimum atomic E-state index is -0.496. The monoisotopic (exact) mass is 337 g/mol. The third kappa shape index (κ3) is 3.28. The molecule has 0 aliphatic carbocycles. The number of benzene rings is 1. The summed E-state index contributed by atoms with van der Waals surface area (Å²) in [6, 6.07) is 4.33. The van der Waals surface area contributed by atoms with E-state index in [4.69, 9.17) is 0 Å². The van der Waals surface area contributed by atoms with Gasteiger partial charge in [0.1, 0.15) is 5.82 Å². The number of nitrogens with zero attached hydrogens (tertiary/aromatic N) is 1. The second-order valence-corrected chi connectivity index (χ2v) is 4.75. The van der Waals surface area contributed by atoms with Gasteiger partial charge in [-0.05, 0) is 18.2 Å². The summed E-state index contributed by atoms with van der Waals surface area (Å²) in [5, 5.41) is 0.671. The van der Waals surface area contributed by atoms with Crippen LogP contribution in [0.2, 0.25) is 0 Å². The summed E-state index contributed by atoms with van der Waals surface area (Å²) in [5.41, 5.74) is 0.0906. The molecule has 0 bridgehead atoms. The lowest BCUT2D eigenvalue weighted by Crippen LogP contribution is -2.29. The summed E-state index contributed by atoms with van der Waals surface area (Å²) in [4.78, 5) is 13.2.